The quantitative estimate of drug-likeness (QED) is 0.587. The van der Waals surface area contributed by atoms with Crippen LogP contribution in [0.15, 0.2) is 0 Å². The summed E-state index contributed by atoms with van der Waals surface area (Å²) in [6, 6.07) is 0. The van der Waals surface area contributed by atoms with Gasteiger partial charge in [0, 0.05) is 0 Å². The molecule has 0 aromatic carbocycles. The van der Waals surface area contributed by atoms with E-state index in [1.165, 1.54) is 25.9 Å². The first-order valence-electron chi connectivity index (χ1n) is 2.35. The zero-order valence-corrected chi connectivity index (χ0v) is 6.85. The molecule has 7 heavy (non-hydrogen) atoms. The average molecular weight is 206 g/mol. The predicted molar refractivity (Wildman–Crippen MR) is 31.0 cm³/mol. The van der Waals surface area contributed by atoms with E-state index in [9.17, 15) is 0 Å². The standard InChI is InChI=1S/C4H9N.BrH.Mn/c1-2-4-5-3-1;;/h5H,1-4H2;1H;/q;;+1/p-1. The van der Waals surface area contributed by atoms with Crippen LogP contribution in [-0.2, 0) is 14.2 Å². The van der Waals surface area contributed by atoms with Crippen molar-refractivity contribution in [3.05, 3.63) is 0 Å². The van der Waals surface area contributed by atoms with E-state index < -0.39 is 0 Å². The van der Waals surface area contributed by atoms with Crippen LogP contribution in [0, 0.1) is 0 Å². The number of nitrogens with one attached hydrogen (secondary N) is 1. The molecule has 44 valence electrons. The molecule has 1 heterocycles. The average Bonchev–Trinajstić information content (AvgIpc) is 2.23. The Balaban J connectivity index is 0.000000162. The van der Waals surface area contributed by atoms with Gasteiger partial charge in [-0.25, -0.2) is 0 Å². The van der Waals surface area contributed by atoms with Crippen LogP contribution in [0.1, 0.15) is 12.8 Å². The summed E-state index contributed by atoms with van der Waals surface area (Å²) in [6.07, 6.45) is 2.78. The Labute approximate surface area is 59.8 Å². The molecule has 0 spiro atoms. The first-order chi connectivity index (χ1) is 3.50. The van der Waals surface area contributed by atoms with Gasteiger partial charge < -0.3 is 5.32 Å². The molecular weight excluding hydrogens is 197 g/mol. The minimum atomic E-state index is 1.25. The molecule has 0 saturated carbocycles. The minimum absolute atomic E-state index is 1.25. The van der Waals surface area contributed by atoms with E-state index in [0.29, 0.717) is 0 Å². The molecule has 3 heteroatoms. The molecule has 0 amide bonds. The van der Waals surface area contributed by atoms with E-state index in [-0.39, 0.29) is 0 Å². The second-order valence-corrected chi connectivity index (χ2v) is 1.46. The molecule has 1 nitrogen and oxygen atoms in total. The van der Waals surface area contributed by atoms with Gasteiger partial charge in [0.15, 0.2) is 0 Å². The molecule has 1 rings (SSSR count). The van der Waals surface area contributed by atoms with Crippen LogP contribution in [0.2, 0.25) is 0 Å². The molecule has 1 fully saturated rings. The molecular formula is C4H9BrMnN. The fourth-order valence-electron chi connectivity index (χ4n) is 0.625. The van der Waals surface area contributed by atoms with Crippen molar-refractivity contribution in [2.24, 2.45) is 0 Å². The molecule has 0 unspecified atom stereocenters. The van der Waals surface area contributed by atoms with Crippen LogP contribution in [0.4, 0.5) is 0 Å². The van der Waals surface area contributed by atoms with Crippen molar-refractivity contribution in [2.45, 2.75) is 12.8 Å². The molecule has 0 aliphatic carbocycles. The van der Waals surface area contributed by atoms with E-state index in [1.54, 1.807) is 0 Å². The normalized spacial score (nSPS) is 18.0. The Kier molecular flexibility index (Phi) is 7.91. The molecule has 1 N–H and O–H groups in total. The van der Waals surface area contributed by atoms with Gasteiger partial charge in [0.2, 0.25) is 0 Å². The summed E-state index contributed by atoms with van der Waals surface area (Å²) in [7, 11) is 0. The molecule has 1 aliphatic rings. The Morgan fingerprint density at radius 1 is 1.14 bits per heavy atom. The molecule has 0 aromatic heterocycles. The van der Waals surface area contributed by atoms with Crippen LogP contribution in [0.3, 0.4) is 0 Å². The summed E-state index contributed by atoms with van der Waals surface area (Å²) >= 11 is 5.50. The molecule has 0 radical (unpaired) electrons. The van der Waals surface area contributed by atoms with E-state index >= 15 is 0 Å². The fourth-order valence-corrected chi connectivity index (χ4v) is 0.625. The monoisotopic (exact) mass is 205 g/mol. The van der Waals surface area contributed by atoms with Crippen LogP contribution < -0.4 is 5.32 Å². The third kappa shape index (κ3) is 4.82. The maximum atomic E-state index is 3.22. The Hall–Kier alpha value is 0.959. The van der Waals surface area contributed by atoms with Crippen molar-refractivity contribution < 1.29 is 14.2 Å². The van der Waals surface area contributed by atoms with Crippen molar-refractivity contribution in [1.29, 1.82) is 0 Å². The molecule has 1 aliphatic heterocycles. The van der Waals surface area contributed by atoms with Crippen LogP contribution in [-0.4, -0.2) is 13.1 Å². The molecule has 0 atom stereocenters. The molecule has 1 saturated heterocycles. The summed E-state index contributed by atoms with van der Waals surface area (Å²) in [4.78, 5) is 0. The van der Waals surface area contributed by atoms with Crippen LogP contribution in [0.25, 0.3) is 0 Å². The van der Waals surface area contributed by atoms with Gasteiger partial charge in [-0.15, -0.1) is 0 Å². The second kappa shape index (κ2) is 6.96. The zero-order chi connectivity index (χ0) is 5.54. The summed E-state index contributed by atoms with van der Waals surface area (Å²) in [6.45, 7) is 2.50. The van der Waals surface area contributed by atoms with E-state index in [4.69, 9.17) is 0 Å². The SMILES string of the molecule is C1CCNC1.[Mn][Br]. The summed E-state index contributed by atoms with van der Waals surface area (Å²) in [5.74, 6) is 0. The summed E-state index contributed by atoms with van der Waals surface area (Å²) in [5.41, 5.74) is 0. The predicted octanol–water partition coefficient (Wildman–Crippen LogP) is 1.21. The van der Waals surface area contributed by atoms with Crippen molar-refractivity contribution in [1.82, 2.24) is 5.32 Å². The first kappa shape index (κ1) is 7.96. The van der Waals surface area contributed by atoms with Gasteiger partial charge in [0.05, 0.1) is 0 Å². The van der Waals surface area contributed by atoms with Gasteiger partial charge in [-0.05, 0) is 25.9 Å². The Morgan fingerprint density at radius 2 is 1.57 bits per heavy atom. The van der Waals surface area contributed by atoms with Gasteiger partial charge in [0.1, 0.15) is 0 Å². The number of halogens is 1. The second-order valence-electron chi connectivity index (χ2n) is 1.46. The number of hydrogen-bond acceptors (Lipinski definition) is 1. The maximum absolute atomic E-state index is 3.22. The van der Waals surface area contributed by atoms with Crippen molar-refractivity contribution in [2.75, 3.05) is 13.1 Å². The van der Waals surface area contributed by atoms with Crippen molar-refractivity contribution >= 4 is 14.1 Å². The van der Waals surface area contributed by atoms with Gasteiger partial charge in [0.25, 0.3) is 0 Å². The van der Waals surface area contributed by atoms with Crippen LogP contribution >= 0.6 is 14.1 Å². The number of rotatable bonds is 0. The Morgan fingerprint density at radius 3 is 1.71 bits per heavy atom. The third-order valence-corrected chi connectivity index (χ3v) is 0.957. The van der Waals surface area contributed by atoms with Gasteiger partial charge in [-0.3, -0.25) is 0 Å². The summed E-state index contributed by atoms with van der Waals surface area (Å²) in [5, 5.41) is 3.22. The fraction of sp³-hybridized carbons (Fsp3) is 1.00. The molecule has 0 bridgehead atoms. The van der Waals surface area contributed by atoms with Gasteiger partial charge in [-0.2, -0.15) is 0 Å². The van der Waals surface area contributed by atoms with E-state index in [1.807, 2.05) is 0 Å². The van der Waals surface area contributed by atoms with Gasteiger partial charge >= 0.3 is 28.3 Å². The molecule has 0 aromatic rings. The van der Waals surface area contributed by atoms with Crippen LogP contribution in [0.5, 0.6) is 0 Å². The number of hydrogen-bond donors (Lipinski definition) is 1. The van der Waals surface area contributed by atoms with Gasteiger partial charge in [-0.1, -0.05) is 0 Å². The zero-order valence-electron chi connectivity index (χ0n) is 4.08. The van der Waals surface area contributed by atoms with Crippen molar-refractivity contribution in [3.8, 4) is 0 Å². The Bertz CT molecular complexity index is 23.3. The van der Waals surface area contributed by atoms with Crippen molar-refractivity contribution in [3.63, 3.8) is 0 Å². The summed E-state index contributed by atoms with van der Waals surface area (Å²) < 4.78 is 0. The topological polar surface area (TPSA) is 12.0 Å². The van der Waals surface area contributed by atoms with E-state index in [0.717, 1.165) is 0 Å². The third-order valence-electron chi connectivity index (χ3n) is 0.957. The van der Waals surface area contributed by atoms with E-state index in [2.05, 4.69) is 33.6 Å². The first-order valence-corrected chi connectivity index (χ1v) is 5.27.